The van der Waals surface area contributed by atoms with Crippen LogP contribution >= 0.6 is 11.6 Å². The molecule has 2 aliphatic rings. The van der Waals surface area contributed by atoms with Crippen LogP contribution in [0.5, 0.6) is 11.8 Å². The van der Waals surface area contributed by atoms with Crippen molar-refractivity contribution >= 4 is 23.4 Å². The van der Waals surface area contributed by atoms with Crippen LogP contribution in [0.4, 0.5) is 16.2 Å². The lowest BCUT2D eigenvalue weighted by atomic mass is 9.92. The van der Waals surface area contributed by atoms with E-state index in [2.05, 4.69) is 30.3 Å². The van der Waals surface area contributed by atoms with Gasteiger partial charge < -0.3 is 15.0 Å². The highest BCUT2D eigenvalue weighted by molar-refractivity contribution is 6.29. The van der Waals surface area contributed by atoms with Crippen LogP contribution in [0.3, 0.4) is 0 Å². The molecule has 1 aromatic carbocycles. The van der Waals surface area contributed by atoms with E-state index >= 15 is 0 Å². The first-order valence-electron chi connectivity index (χ1n) is 10.3. The largest absolute Gasteiger partial charge is 0.424 e. The van der Waals surface area contributed by atoms with Crippen molar-refractivity contribution in [3.8, 4) is 11.8 Å². The van der Waals surface area contributed by atoms with Crippen LogP contribution in [-0.4, -0.2) is 43.9 Å². The summed E-state index contributed by atoms with van der Waals surface area (Å²) in [6.45, 7) is 3.59. The standard InChI is InChI=1S/C21H23ClFN7O/c1-12-5-15(23)7-16(6-12)31-21-27-20(28-29(21)2)26-19-13-3-4-14(19)10-30(9-13)18-8-17(22)24-11-25-18/h5-8,11,13-14,19H,3-4,9-10H2,1-2H3,(H,26,28)/t13-,14+,19-. The number of nitrogens with zero attached hydrogens (tertiary/aromatic N) is 6. The molecule has 2 bridgehead atoms. The lowest BCUT2D eigenvalue weighted by molar-refractivity contribution is 0.374. The third-order valence-electron chi connectivity index (χ3n) is 6.02. The monoisotopic (exact) mass is 443 g/mol. The molecule has 0 spiro atoms. The number of aromatic nitrogens is 5. The highest BCUT2D eigenvalue weighted by atomic mass is 35.5. The van der Waals surface area contributed by atoms with Gasteiger partial charge in [0.2, 0.25) is 5.95 Å². The number of halogens is 2. The van der Waals surface area contributed by atoms with Gasteiger partial charge in [0.15, 0.2) is 0 Å². The Bertz CT molecular complexity index is 1070. The topological polar surface area (TPSA) is 81.0 Å². The van der Waals surface area contributed by atoms with Crippen LogP contribution in [0.15, 0.2) is 30.6 Å². The first-order chi connectivity index (χ1) is 14.9. The van der Waals surface area contributed by atoms with E-state index in [9.17, 15) is 4.39 Å². The average molecular weight is 444 g/mol. The van der Waals surface area contributed by atoms with Gasteiger partial charge in [0.1, 0.15) is 28.9 Å². The Morgan fingerprint density at radius 3 is 2.61 bits per heavy atom. The molecule has 0 unspecified atom stereocenters. The molecule has 1 saturated carbocycles. The van der Waals surface area contributed by atoms with Gasteiger partial charge in [-0.05, 0) is 49.3 Å². The van der Waals surface area contributed by atoms with Crippen molar-refractivity contribution in [2.75, 3.05) is 23.3 Å². The molecule has 3 aromatic rings. The summed E-state index contributed by atoms with van der Waals surface area (Å²) in [5.74, 6) is 2.34. The van der Waals surface area contributed by atoms with Gasteiger partial charge in [0.25, 0.3) is 0 Å². The second kappa shape index (κ2) is 7.96. The lowest BCUT2D eigenvalue weighted by Gasteiger charge is -2.38. The van der Waals surface area contributed by atoms with Gasteiger partial charge >= 0.3 is 6.01 Å². The number of hydrogen-bond donors (Lipinski definition) is 1. The maximum atomic E-state index is 13.7. The molecule has 3 heterocycles. The number of hydrogen-bond acceptors (Lipinski definition) is 7. The maximum absolute atomic E-state index is 13.7. The second-order valence-corrected chi connectivity index (χ2v) is 8.67. The number of ether oxygens (including phenoxy) is 1. The smallest absolute Gasteiger partial charge is 0.321 e. The molecule has 1 N–H and O–H groups in total. The van der Waals surface area contributed by atoms with Crippen molar-refractivity contribution in [2.24, 2.45) is 18.9 Å². The molecular weight excluding hydrogens is 421 g/mol. The Labute approximate surface area is 184 Å². The van der Waals surface area contributed by atoms with E-state index in [0.717, 1.165) is 37.3 Å². The number of anilines is 2. The van der Waals surface area contributed by atoms with Crippen LogP contribution in [0.1, 0.15) is 18.4 Å². The number of nitrogens with one attached hydrogen (secondary N) is 1. The lowest BCUT2D eigenvalue weighted by Crippen LogP contribution is -2.48. The molecule has 0 amide bonds. The van der Waals surface area contributed by atoms with Crippen molar-refractivity contribution in [1.29, 1.82) is 0 Å². The highest BCUT2D eigenvalue weighted by Crippen LogP contribution is 2.40. The Morgan fingerprint density at radius 1 is 1.13 bits per heavy atom. The molecule has 10 heteroatoms. The van der Waals surface area contributed by atoms with Gasteiger partial charge in [-0.1, -0.05) is 11.6 Å². The quantitative estimate of drug-likeness (QED) is 0.600. The Morgan fingerprint density at radius 2 is 1.90 bits per heavy atom. The van der Waals surface area contributed by atoms with Gasteiger partial charge in [0, 0.05) is 38.3 Å². The van der Waals surface area contributed by atoms with Crippen LogP contribution < -0.4 is 15.0 Å². The van der Waals surface area contributed by atoms with E-state index in [1.807, 2.05) is 13.0 Å². The van der Waals surface area contributed by atoms with E-state index in [1.165, 1.54) is 18.5 Å². The predicted octanol–water partition coefficient (Wildman–Crippen LogP) is 3.83. The van der Waals surface area contributed by atoms with E-state index in [1.54, 1.807) is 17.8 Å². The molecule has 5 rings (SSSR count). The Balaban J connectivity index is 1.28. The van der Waals surface area contributed by atoms with Crippen LogP contribution in [-0.2, 0) is 7.05 Å². The summed E-state index contributed by atoms with van der Waals surface area (Å²) >= 11 is 6.04. The third kappa shape index (κ3) is 4.14. The summed E-state index contributed by atoms with van der Waals surface area (Å²) in [7, 11) is 1.76. The molecule has 1 aliphatic heterocycles. The molecular formula is C21H23ClFN7O. The minimum absolute atomic E-state index is 0.278. The number of rotatable bonds is 5. The maximum Gasteiger partial charge on any atom is 0.321 e. The predicted molar refractivity (Wildman–Crippen MR) is 115 cm³/mol. The third-order valence-corrected chi connectivity index (χ3v) is 6.23. The van der Waals surface area contributed by atoms with Gasteiger partial charge in [-0.25, -0.2) is 19.0 Å². The molecule has 3 atom stereocenters. The van der Waals surface area contributed by atoms with Gasteiger partial charge in [-0.15, -0.1) is 5.10 Å². The van der Waals surface area contributed by atoms with Crippen LogP contribution in [0.2, 0.25) is 5.15 Å². The van der Waals surface area contributed by atoms with Crippen molar-refractivity contribution < 1.29 is 9.13 Å². The molecule has 2 aromatic heterocycles. The van der Waals surface area contributed by atoms with E-state index in [-0.39, 0.29) is 11.9 Å². The average Bonchev–Trinajstić information content (AvgIpc) is 3.15. The molecule has 8 nitrogen and oxygen atoms in total. The van der Waals surface area contributed by atoms with Crippen molar-refractivity contribution in [3.05, 3.63) is 47.1 Å². The molecule has 1 aliphatic carbocycles. The summed E-state index contributed by atoms with van der Waals surface area (Å²) in [5, 5.41) is 8.42. The van der Waals surface area contributed by atoms with Crippen LogP contribution in [0, 0.1) is 24.6 Å². The zero-order valence-electron chi connectivity index (χ0n) is 17.3. The summed E-state index contributed by atoms with van der Waals surface area (Å²) < 4.78 is 21.0. The van der Waals surface area contributed by atoms with E-state index in [4.69, 9.17) is 16.3 Å². The summed E-state index contributed by atoms with van der Waals surface area (Å²) in [6, 6.07) is 6.96. The second-order valence-electron chi connectivity index (χ2n) is 8.28. The van der Waals surface area contributed by atoms with E-state index < -0.39 is 0 Å². The summed E-state index contributed by atoms with van der Waals surface area (Å²) in [6.07, 6.45) is 3.77. The SMILES string of the molecule is Cc1cc(F)cc(Oc2nc(N[C@@H]3[C@@H]4CC[C@H]3CN(c3cc(Cl)ncn3)C4)nn2C)c1. The molecule has 0 radical (unpaired) electrons. The number of piperidine rings is 1. The summed E-state index contributed by atoms with van der Waals surface area (Å²) in [5.41, 5.74) is 0.781. The fourth-order valence-electron chi connectivity index (χ4n) is 4.68. The van der Waals surface area contributed by atoms with Crippen LogP contribution in [0.25, 0.3) is 0 Å². The van der Waals surface area contributed by atoms with Gasteiger partial charge in [-0.2, -0.15) is 4.98 Å². The summed E-state index contributed by atoms with van der Waals surface area (Å²) in [4.78, 5) is 15.1. The van der Waals surface area contributed by atoms with Crippen molar-refractivity contribution in [1.82, 2.24) is 24.7 Å². The number of fused-ring (bicyclic) bond motifs is 2. The fourth-order valence-corrected chi connectivity index (χ4v) is 4.82. The minimum atomic E-state index is -0.344. The zero-order chi connectivity index (χ0) is 21.5. The molecule has 1 saturated heterocycles. The first-order valence-corrected chi connectivity index (χ1v) is 10.7. The normalized spacial score (nSPS) is 22.6. The van der Waals surface area contributed by atoms with E-state index in [0.29, 0.717) is 34.7 Å². The zero-order valence-corrected chi connectivity index (χ0v) is 18.1. The fraction of sp³-hybridized carbons (Fsp3) is 0.429. The Hall–Kier alpha value is -2.94. The molecule has 2 fully saturated rings. The number of benzene rings is 1. The number of aryl methyl sites for hydroxylation is 2. The van der Waals surface area contributed by atoms with Gasteiger partial charge in [0.05, 0.1) is 0 Å². The van der Waals surface area contributed by atoms with Crippen molar-refractivity contribution in [3.63, 3.8) is 0 Å². The minimum Gasteiger partial charge on any atom is -0.424 e. The van der Waals surface area contributed by atoms with Crippen molar-refractivity contribution in [2.45, 2.75) is 25.8 Å². The first kappa shape index (κ1) is 20.0. The highest BCUT2D eigenvalue weighted by Gasteiger charge is 2.43. The Kier molecular flexibility index (Phi) is 5.13. The molecule has 162 valence electrons. The van der Waals surface area contributed by atoms with Gasteiger partial charge in [-0.3, -0.25) is 0 Å². The molecule has 31 heavy (non-hydrogen) atoms.